The van der Waals surface area contributed by atoms with Crippen molar-refractivity contribution >= 4 is 16.3 Å². The predicted molar refractivity (Wildman–Crippen MR) is 31.9 cm³/mol. The predicted octanol–water partition coefficient (Wildman–Crippen LogP) is 0.0132. The van der Waals surface area contributed by atoms with Crippen LogP contribution < -0.4 is 0 Å². The van der Waals surface area contributed by atoms with Crippen LogP contribution in [0.3, 0.4) is 0 Å². The summed E-state index contributed by atoms with van der Waals surface area (Å²) in [7, 11) is 0. The largest absolute Gasteiger partial charge is 0.412 e. The summed E-state index contributed by atoms with van der Waals surface area (Å²) in [4.78, 5) is 0. The molecule has 0 radical (unpaired) electrons. The van der Waals surface area contributed by atoms with Crippen LogP contribution in [-0.2, 0) is 0 Å². The lowest BCUT2D eigenvalue weighted by atomic mass is 10.4. The van der Waals surface area contributed by atoms with Crippen molar-refractivity contribution in [2.24, 2.45) is 0 Å². The molecule has 38 valence electrons. The van der Waals surface area contributed by atoms with E-state index in [1.54, 1.807) is 0 Å². The smallest absolute Gasteiger partial charge is 0.215 e. The Morgan fingerprint density at radius 1 is 1.67 bits per heavy atom. The molecule has 0 aliphatic carbocycles. The van der Waals surface area contributed by atoms with Gasteiger partial charge in [0, 0.05) is 0 Å². The fourth-order valence-corrected chi connectivity index (χ4v) is 0. The second-order valence-corrected chi connectivity index (χ2v) is 3.77. The van der Waals surface area contributed by atoms with E-state index in [4.69, 9.17) is 0 Å². The average Bonchev–Trinajstić information content (AvgIpc) is 1.38. The molecule has 6 heavy (non-hydrogen) atoms. The van der Waals surface area contributed by atoms with Gasteiger partial charge in [-0.2, -0.15) is 0 Å². The molecule has 0 heterocycles. The van der Waals surface area contributed by atoms with Crippen LogP contribution in [0.4, 0.5) is 0 Å². The molecule has 0 amide bonds. The van der Waals surface area contributed by atoms with Crippen LogP contribution in [-0.4, -0.2) is 21.8 Å². The average molecular weight is 104 g/mol. The lowest BCUT2D eigenvalue weighted by molar-refractivity contribution is 0.824. The van der Waals surface area contributed by atoms with Gasteiger partial charge in [0.15, 0.2) is 0 Å². The maximum Gasteiger partial charge on any atom is 0.215 e. The number of hydrogen-bond acceptors (Lipinski definition) is 0. The molecule has 1 nitrogen and oxygen atoms in total. The Bertz CT molecular complexity index is 21.5. The third-order valence-electron chi connectivity index (χ3n) is 0.816. The molecule has 0 aliphatic heterocycles. The SMILES string of the molecule is CC[CH](C)[AlH2].O. The highest BCUT2D eigenvalue weighted by molar-refractivity contribution is 6.11. The molecule has 0 rings (SSSR count). The second kappa shape index (κ2) is 5.49. The summed E-state index contributed by atoms with van der Waals surface area (Å²) in [6.45, 7) is 4.52. The van der Waals surface area contributed by atoms with Gasteiger partial charge in [-0.25, -0.2) is 0 Å². The maximum absolute atomic E-state index is 2.28. The molecule has 1 unspecified atom stereocenters. The third kappa shape index (κ3) is 8.82. The molecule has 0 aliphatic rings. The van der Waals surface area contributed by atoms with E-state index >= 15 is 0 Å². The Balaban J connectivity index is 0. The van der Waals surface area contributed by atoms with E-state index < -0.39 is 0 Å². The molecule has 2 heteroatoms. The lowest BCUT2D eigenvalue weighted by Crippen LogP contribution is -1.76. The fourth-order valence-electron chi connectivity index (χ4n) is 0. The quantitative estimate of drug-likeness (QED) is 0.420. The van der Waals surface area contributed by atoms with Gasteiger partial charge >= 0.3 is 0 Å². The van der Waals surface area contributed by atoms with Crippen LogP contribution >= 0.6 is 0 Å². The van der Waals surface area contributed by atoms with Gasteiger partial charge in [0.05, 0.1) is 0 Å². The summed E-state index contributed by atoms with van der Waals surface area (Å²) in [5.41, 5.74) is 0. The van der Waals surface area contributed by atoms with Crippen LogP contribution in [0.5, 0.6) is 0 Å². The molecule has 0 saturated carbocycles. The van der Waals surface area contributed by atoms with Crippen molar-refractivity contribution in [1.82, 2.24) is 0 Å². The second-order valence-electron chi connectivity index (χ2n) is 1.80. The van der Waals surface area contributed by atoms with E-state index in [0.717, 1.165) is 4.78 Å². The van der Waals surface area contributed by atoms with Gasteiger partial charge < -0.3 is 5.48 Å². The molecule has 0 aromatic carbocycles. The Labute approximate surface area is 47.5 Å². The van der Waals surface area contributed by atoms with Gasteiger partial charge in [-0.1, -0.05) is 25.0 Å². The minimum atomic E-state index is 0. The highest BCUT2D eigenvalue weighted by Crippen LogP contribution is 1.97. The molecule has 0 aromatic rings. The van der Waals surface area contributed by atoms with E-state index in [9.17, 15) is 0 Å². The van der Waals surface area contributed by atoms with Crippen molar-refractivity contribution in [2.45, 2.75) is 25.0 Å². The minimum absolute atomic E-state index is 0. The van der Waals surface area contributed by atoms with Crippen LogP contribution in [0.1, 0.15) is 20.3 Å². The third-order valence-corrected chi connectivity index (χ3v) is 1.63. The van der Waals surface area contributed by atoms with E-state index in [-0.39, 0.29) is 5.48 Å². The fraction of sp³-hybridized carbons (Fsp3) is 1.00. The number of hydrogen-bond donors (Lipinski definition) is 0. The van der Waals surface area contributed by atoms with Gasteiger partial charge in [-0.15, -0.1) is 0 Å². The first kappa shape index (κ1) is 9.70. The zero-order valence-corrected chi connectivity index (χ0v) is 6.78. The molecular weight excluding hydrogens is 91.0 g/mol. The van der Waals surface area contributed by atoms with Gasteiger partial charge in [0.2, 0.25) is 16.3 Å². The Hall–Kier alpha value is 0.492. The van der Waals surface area contributed by atoms with Crippen LogP contribution in [0, 0.1) is 0 Å². The van der Waals surface area contributed by atoms with Crippen molar-refractivity contribution in [3.8, 4) is 0 Å². The van der Waals surface area contributed by atoms with Crippen molar-refractivity contribution in [1.29, 1.82) is 0 Å². The van der Waals surface area contributed by atoms with Crippen molar-refractivity contribution in [3.63, 3.8) is 0 Å². The highest BCUT2D eigenvalue weighted by atomic mass is 27.0. The van der Waals surface area contributed by atoms with Crippen molar-refractivity contribution in [3.05, 3.63) is 0 Å². The van der Waals surface area contributed by atoms with E-state index in [1.165, 1.54) is 22.7 Å². The molecular formula is C4H13AlO. The summed E-state index contributed by atoms with van der Waals surface area (Å²) >= 11 is 1.37. The maximum atomic E-state index is 2.28. The Morgan fingerprint density at radius 2 is 1.83 bits per heavy atom. The summed E-state index contributed by atoms with van der Waals surface area (Å²) < 4.78 is 1.02. The van der Waals surface area contributed by atoms with E-state index in [2.05, 4.69) is 13.8 Å². The molecule has 0 aromatic heterocycles. The van der Waals surface area contributed by atoms with Gasteiger partial charge in [0.25, 0.3) is 0 Å². The molecule has 0 spiro atoms. The standard InChI is InChI=1S/C4H9.Al.H2O.2H/c1-3-4-2;;;;/h3H,4H2,1-2H3;;1H2;;. The molecule has 0 bridgehead atoms. The van der Waals surface area contributed by atoms with Crippen LogP contribution in [0.2, 0.25) is 4.78 Å². The zero-order valence-electron chi connectivity index (χ0n) is 4.78. The zero-order chi connectivity index (χ0) is 4.28. The molecule has 1 atom stereocenters. The molecule has 0 fully saturated rings. The van der Waals surface area contributed by atoms with E-state index in [1.807, 2.05) is 0 Å². The minimum Gasteiger partial charge on any atom is -0.412 e. The first-order valence-electron chi connectivity index (χ1n) is 2.27. The normalized spacial score (nSPS) is 12.3. The lowest BCUT2D eigenvalue weighted by Gasteiger charge is -1.89. The van der Waals surface area contributed by atoms with Crippen LogP contribution in [0.15, 0.2) is 0 Å². The summed E-state index contributed by atoms with van der Waals surface area (Å²) in [5, 5.41) is 0. The molecule has 0 saturated heterocycles. The number of rotatable bonds is 1. The first-order valence-corrected chi connectivity index (χ1v) is 3.42. The van der Waals surface area contributed by atoms with E-state index in [0.29, 0.717) is 0 Å². The summed E-state index contributed by atoms with van der Waals surface area (Å²) in [5.74, 6) is 0. The topological polar surface area (TPSA) is 31.5 Å². The summed E-state index contributed by atoms with van der Waals surface area (Å²) in [6, 6.07) is 0. The summed E-state index contributed by atoms with van der Waals surface area (Å²) in [6.07, 6.45) is 1.37. The monoisotopic (exact) mass is 104 g/mol. The van der Waals surface area contributed by atoms with Gasteiger partial charge in [0.1, 0.15) is 0 Å². The van der Waals surface area contributed by atoms with Crippen LogP contribution in [0.25, 0.3) is 0 Å². The highest BCUT2D eigenvalue weighted by Gasteiger charge is 1.81. The van der Waals surface area contributed by atoms with Crippen molar-refractivity contribution in [2.75, 3.05) is 0 Å². The first-order chi connectivity index (χ1) is 2.27. The van der Waals surface area contributed by atoms with Gasteiger partial charge in [-0.3, -0.25) is 0 Å². The Kier molecular flexibility index (Phi) is 8.88. The molecule has 2 N–H and O–H groups in total. The van der Waals surface area contributed by atoms with Gasteiger partial charge in [-0.05, 0) is 0 Å². The van der Waals surface area contributed by atoms with Crippen molar-refractivity contribution < 1.29 is 5.48 Å². The Morgan fingerprint density at radius 3 is 1.83 bits per heavy atom.